The van der Waals surface area contributed by atoms with Crippen molar-refractivity contribution in [2.75, 3.05) is 26.9 Å². The van der Waals surface area contributed by atoms with E-state index in [9.17, 15) is 0 Å². The molecule has 1 atom stereocenters. The van der Waals surface area contributed by atoms with Gasteiger partial charge in [0, 0.05) is 19.3 Å². The summed E-state index contributed by atoms with van der Waals surface area (Å²) < 4.78 is 11.1. The Morgan fingerprint density at radius 1 is 1.00 bits per heavy atom. The minimum Gasteiger partial charge on any atom is -0.494 e. The van der Waals surface area contributed by atoms with E-state index in [0.717, 1.165) is 44.8 Å². The van der Waals surface area contributed by atoms with Crippen LogP contribution in [0.1, 0.15) is 44.7 Å². The molecule has 0 amide bonds. The van der Waals surface area contributed by atoms with Crippen molar-refractivity contribution in [1.82, 2.24) is 5.32 Å². The van der Waals surface area contributed by atoms with Gasteiger partial charge in [0.2, 0.25) is 0 Å². The van der Waals surface area contributed by atoms with E-state index in [-0.39, 0.29) is 0 Å². The van der Waals surface area contributed by atoms with Gasteiger partial charge in [-0.15, -0.1) is 0 Å². The molecule has 1 aromatic carbocycles. The van der Waals surface area contributed by atoms with Gasteiger partial charge in [0.1, 0.15) is 5.75 Å². The summed E-state index contributed by atoms with van der Waals surface area (Å²) in [5.74, 6) is 0.947. The van der Waals surface area contributed by atoms with Crippen molar-refractivity contribution in [2.24, 2.45) is 0 Å². The fourth-order valence-corrected chi connectivity index (χ4v) is 1.94. The molecule has 0 aromatic heterocycles. The molecule has 0 aliphatic carbocycles. The summed E-state index contributed by atoms with van der Waals surface area (Å²) in [5.41, 5.74) is 1.28. The van der Waals surface area contributed by atoms with Crippen LogP contribution in [-0.4, -0.2) is 26.9 Å². The van der Waals surface area contributed by atoms with Gasteiger partial charge in [0.25, 0.3) is 0 Å². The molecule has 0 saturated carbocycles. The van der Waals surface area contributed by atoms with Gasteiger partial charge in [0.05, 0.1) is 6.61 Å². The summed E-state index contributed by atoms with van der Waals surface area (Å²) in [4.78, 5) is 0. The minimum absolute atomic E-state index is 0.345. The predicted molar refractivity (Wildman–Crippen MR) is 79.8 cm³/mol. The van der Waals surface area contributed by atoms with Crippen molar-refractivity contribution < 1.29 is 9.47 Å². The maximum atomic E-state index is 5.59. The number of rotatable bonds is 10. The number of ether oxygens (including phenoxy) is 2. The fraction of sp³-hybridized carbons (Fsp3) is 0.625. The first kappa shape index (κ1) is 16.0. The Labute approximate surface area is 117 Å². The molecule has 0 aliphatic rings. The molecular formula is C16H27NO2. The zero-order valence-electron chi connectivity index (χ0n) is 12.4. The molecule has 0 bridgehead atoms. The van der Waals surface area contributed by atoms with Crippen LogP contribution < -0.4 is 10.1 Å². The minimum atomic E-state index is 0.345. The maximum Gasteiger partial charge on any atom is 0.119 e. The lowest BCUT2D eigenvalue weighted by Crippen LogP contribution is -2.18. The molecule has 0 aliphatic heterocycles. The molecule has 1 N–H and O–H groups in total. The predicted octanol–water partition coefficient (Wildman–Crippen LogP) is 3.55. The summed E-state index contributed by atoms with van der Waals surface area (Å²) >= 11 is 0. The van der Waals surface area contributed by atoms with Crippen LogP contribution >= 0.6 is 0 Å². The monoisotopic (exact) mass is 265 g/mol. The largest absolute Gasteiger partial charge is 0.494 e. The van der Waals surface area contributed by atoms with Crippen molar-refractivity contribution in [2.45, 2.75) is 39.2 Å². The molecule has 3 nitrogen and oxygen atoms in total. The molecule has 0 fully saturated rings. The second-order valence-corrected chi connectivity index (χ2v) is 4.66. The number of hydrogen-bond acceptors (Lipinski definition) is 3. The van der Waals surface area contributed by atoms with E-state index in [0.29, 0.717) is 6.04 Å². The van der Waals surface area contributed by atoms with Gasteiger partial charge in [-0.3, -0.25) is 0 Å². The van der Waals surface area contributed by atoms with Crippen LogP contribution in [0.4, 0.5) is 0 Å². The highest BCUT2D eigenvalue weighted by Crippen LogP contribution is 2.20. The Morgan fingerprint density at radius 2 is 1.68 bits per heavy atom. The van der Waals surface area contributed by atoms with Gasteiger partial charge in [-0.1, -0.05) is 26.0 Å². The van der Waals surface area contributed by atoms with Crippen molar-refractivity contribution in [1.29, 1.82) is 0 Å². The van der Waals surface area contributed by atoms with Crippen LogP contribution in [0.2, 0.25) is 0 Å². The smallest absolute Gasteiger partial charge is 0.119 e. The molecule has 0 saturated heterocycles. The van der Waals surface area contributed by atoms with Crippen LogP contribution in [0.3, 0.4) is 0 Å². The fourth-order valence-electron chi connectivity index (χ4n) is 1.94. The normalized spacial score (nSPS) is 12.4. The van der Waals surface area contributed by atoms with Crippen molar-refractivity contribution in [3.8, 4) is 5.75 Å². The lowest BCUT2D eigenvalue weighted by molar-refractivity contribution is 0.125. The Bertz CT molecular complexity index is 324. The number of benzene rings is 1. The zero-order chi connectivity index (χ0) is 13.9. The van der Waals surface area contributed by atoms with Crippen LogP contribution in [0.25, 0.3) is 0 Å². The molecule has 0 radical (unpaired) electrons. The second kappa shape index (κ2) is 9.82. The van der Waals surface area contributed by atoms with E-state index in [2.05, 4.69) is 31.3 Å². The van der Waals surface area contributed by atoms with Crippen LogP contribution in [0.15, 0.2) is 24.3 Å². The maximum absolute atomic E-state index is 5.59. The van der Waals surface area contributed by atoms with E-state index in [4.69, 9.17) is 9.47 Å². The highest BCUT2D eigenvalue weighted by Gasteiger charge is 2.08. The quantitative estimate of drug-likeness (QED) is 0.656. The van der Waals surface area contributed by atoms with Crippen LogP contribution in [0.5, 0.6) is 5.75 Å². The Balaban J connectivity index is 2.46. The SMILES string of the molecule is CCCOCCC(NC)c1ccc(OCCC)cc1. The van der Waals surface area contributed by atoms with E-state index in [1.807, 2.05) is 19.2 Å². The van der Waals surface area contributed by atoms with Crippen molar-refractivity contribution >= 4 is 0 Å². The number of nitrogens with one attached hydrogen (secondary N) is 1. The van der Waals surface area contributed by atoms with Gasteiger partial charge in [-0.05, 0) is 44.0 Å². The molecular weight excluding hydrogens is 238 g/mol. The molecule has 108 valence electrons. The Hall–Kier alpha value is -1.06. The van der Waals surface area contributed by atoms with Gasteiger partial charge in [-0.25, -0.2) is 0 Å². The average molecular weight is 265 g/mol. The second-order valence-electron chi connectivity index (χ2n) is 4.66. The third-order valence-electron chi connectivity index (χ3n) is 3.00. The molecule has 1 rings (SSSR count). The highest BCUT2D eigenvalue weighted by molar-refractivity contribution is 5.29. The van der Waals surface area contributed by atoms with Gasteiger partial charge in [-0.2, -0.15) is 0 Å². The lowest BCUT2D eigenvalue weighted by atomic mass is 10.0. The molecule has 0 spiro atoms. The first-order valence-electron chi connectivity index (χ1n) is 7.29. The first-order valence-corrected chi connectivity index (χ1v) is 7.29. The van der Waals surface area contributed by atoms with E-state index in [1.165, 1.54) is 5.56 Å². The topological polar surface area (TPSA) is 30.5 Å². The third-order valence-corrected chi connectivity index (χ3v) is 3.00. The summed E-state index contributed by atoms with van der Waals surface area (Å²) in [6.45, 7) is 6.67. The molecule has 1 aromatic rings. The van der Waals surface area contributed by atoms with Crippen molar-refractivity contribution in [3.05, 3.63) is 29.8 Å². The molecule has 19 heavy (non-hydrogen) atoms. The standard InChI is InChI=1S/C16H27NO2/c1-4-11-18-13-10-16(17-3)14-6-8-15(9-7-14)19-12-5-2/h6-9,16-17H,4-5,10-13H2,1-3H3. The van der Waals surface area contributed by atoms with E-state index in [1.54, 1.807) is 0 Å². The number of hydrogen-bond donors (Lipinski definition) is 1. The summed E-state index contributed by atoms with van der Waals surface area (Å²) in [5, 5.41) is 3.34. The lowest BCUT2D eigenvalue weighted by Gasteiger charge is -2.17. The molecule has 0 heterocycles. The summed E-state index contributed by atoms with van der Waals surface area (Å²) in [7, 11) is 1.99. The Morgan fingerprint density at radius 3 is 2.26 bits per heavy atom. The zero-order valence-corrected chi connectivity index (χ0v) is 12.4. The van der Waals surface area contributed by atoms with Gasteiger partial charge in [0.15, 0.2) is 0 Å². The van der Waals surface area contributed by atoms with Gasteiger partial charge < -0.3 is 14.8 Å². The summed E-state index contributed by atoms with van der Waals surface area (Å²) in [6, 6.07) is 8.69. The van der Waals surface area contributed by atoms with E-state index >= 15 is 0 Å². The van der Waals surface area contributed by atoms with E-state index < -0.39 is 0 Å². The molecule has 1 unspecified atom stereocenters. The summed E-state index contributed by atoms with van der Waals surface area (Å²) in [6.07, 6.45) is 3.11. The average Bonchev–Trinajstić information content (AvgIpc) is 2.46. The first-order chi connectivity index (χ1) is 9.31. The van der Waals surface area contributed by atoms with Gasteiger partial charge >= 0.3 is 0 Å². The van der Waals surface area contributed by atoms with Crippen molar-refractivity contribution in [3.63, 3.8) is 0 Å². The molecule has 3 heteroatoms. The third kappa shape index (κ3) is 6.08. The van der Waals surface area contributed by atoms with Crippen LogP contribution in [-0.2, 0) is 4.74 Å². The Kier molecular flexibility index (Phi) is 8.26. The highest BCUT2D eigenvalue weighted by atomic mass is 16.5. The van der Waals surface area contributed by atoms with Crippen LogP contribution in [0, 0.1) is 0 Å².